The number of halogens is 1. The highest BCUT2D eigenvalue weighted by Crippen LogP contribution is 2.24. The molecule has 0 bridgehead atoms. The summed E-state index contributed by atoms with van der Waals surface area (Å²) in [7, 11) is 0. The van der Waals surface area contributed by atoms with Gasteiger partial charge in [-0.25, -0.2) is 0 Å². The van der Waals surface area contributed by atoms with Gasteiger partial charge in [0.15, 0.2) is 0 Å². The van der Waals surface area contributed by atoms with Crippen molar-refractivity contribution in [2.45, 2.75) is 25.4 Å². The van der Waals surface area contributed by atoms with Crippen LogP contribution < -0.4 is 5.73 Å². The Morgan fingerprint density at radius 3 is 2.57 bits per heavy atom. The molecule has 0 aromatic heterocycles. The molecule has 2 N–H and O–H groups in total. The van der Waals surface area contributed by atoms with E-state index in [4.69, 9.17) is 5.73 Å². The molecule has 1 aromatic rings. The third-order valence-electron chi connectivity index (χ3n) is 4.81. The number of carbonyl (C=O) groups excluding carboxylic acids is 1. The van der Waals surface area contributed by atoms with Gasteiger partial charge in [-0.1, -0.05) is 12.1 Å². The molecule has 2 aliphatic heterocycles. The molecule has 4 nitrogen and oxygen atoms in total. The maximum absolute atomic E-state index is 12.4. The average Bonchev–Trinajstić information content (AvgIpc) is 3.11. The Labute approximate surface area is 156 Å². The molecule has 2 saturated heterocycles. The fraction of sp³-hybridized carbons (Fsp3) is 0.588. The minimum atomic E-state index is -0.311. The fourth-order valence-corrected chi connectivity index (χ4v) is 4.63. The van der Waals surface area contributed by atoms with Crippen LogP contribution in [0.2, 0.25) is 0 Å². The molecule has 2 fully saturated rings. The Morgan fingerprint density at radius 1 is 1.26 bits per heavy atom. The summed E-state index contributed by atoms with van der Waals surface area (Å²) in [5.41, 5.74) is 7.63. The number of thioether (sulfide) groups is 1. The second-order valence-corrected chi connectivity index (χ2v) is 8.73. The Hall–Kier alpha value is -0.310. The SMILES string of the molecule is NC(C(=O)N1CCSC1)C1CCN(Cc2ccc(I)cc2)CC1. The molecular weight excluding hydrogens is 421 g/mol. The summed E-state index contributed by atoms with van der Waals surface area (Å²) in [6, 6.07) is 8.41. The predicted molar refractivity (Wildman–Crippen MR) is 104 cm³/mol. The van der Waals surface area contributed by atoms with Gasteiger partial charge in [-0.15, -0.1) is 11.8 Å². The summed E-state index contributed by atoms with van der Waals surface area (Å²) in [6.45, 7) is 3.93. The molecule has 2 heterocycles. The van der Waals surface area contributed by atoms with Gasteiger partial charge in [0.05, 0.1) is 11.9 Å². The molecule has 1 unspecified atom stereocenters. The zero-order valence-electron chi connectivity index (χ0n) is 13.3. The number of benzene rings is 1. The molecule has 126 valence electrons. The maximum atomic E-state index is 12.4. The van der Waals surface area contributed by atoms with Crippen LogP contribution in [0.1, 0.15) is 18.4 Å². The lowest BCUT2D eigenvalue weighted by molar-refractivity contribution is -0.132. The second-order valence-electron chi connectivity index (χ2n) is 6.40. The molecule has 1 aromatic carbocycles. The molecule has 0 spiro atoms. The zero-order chi connectivity index (χ0) is 16.2. The highest BCUT2D eigenvalue weighted by atomic mass is 127. The monoisotopic (exact) mass is 445 g/mol. The van der Waals surface area contributed by atoms with Crippen LogP contribution in [0.4, 0.5) is 0 Å². The number of carbonyl (C=O) groups is 1. The Kier molecular flexibility index (Phi) is 6.23. The first-order valence-electron chi connectivity index (χ1n) is 8.22. The van der Waals surface area contributed by atoms with Crippen LogP contribution in [0, 0.1) is 9.49 Å². The van der Waals surface area contributed by atoms with Gasteiger partial charge in [-0.2, -0.15) is 0 Å². The highest BCUT2D eigenvalue weighted by Gasteiger charge is 2.32. The van der Waals surface area contributed by atoms with Crippen LogP contribution in [0.25, 0.3) is 0 Å². The van der Waals surface area contributed by atoms with E-state index in [2.05, 4.69) is 51.8 Å². The summed E-state index contributed by atoms with van der Waals surface area (Å²) >= 11 is 4.15. The molecule has 1 amide bonds. The van der Waals surface area contributed by atoms with Gasteiger partial charge < -0.3 is 10.6 Å². The van der Waals surface area contributed by atoms with E-state index in [0.29, 0.717) is 5.92 Å². The number of hydrogen-bond donors (Lipinski definition) is 1. The van der Waals surface area contributed by atoms with Gasteiger partial charge in [0, 0.05) is 22.4 Å². The molecule has 1 atom stereocenters. The maximum Gasteiger partial charge on any atom is 0.240 e. The van der Waals surface area contributed by atoms with Crippen LogP contribution in [-0.4, -0.2) is 53.0 Å². The first-order chi connectivity index (χ1) is 11.1. The van der Waals surface area contributed by atoms with Crippen LogP contribution in [-0.2, 0) is 11.3 Å². The lowest BCUT2D eigenvalue weighted by atomic mass is 9.89. The second kappa shape index (κ2) is 8.18. The molecule has 0 aliphatic carbocycles. The van der Waals surface area contributed by atoms with Gasteiger partial charge in [0.1, 0.15) is 0 Å². The van der Waals surface area contributed by atoms with E-state index in [1.54, 1.807) is 0 Å². The van der Waals surface area contributed by atoms with Crippen molar-refractivity contribution in [2.24, 2.45) is 11.7 Å². The minimum Gasteiger partial charge on any atom is -0.331 e. The fourth-order valence-electron chi connectivity index (χ4n) is 3.32. The number of hydrogen-bond acceptors (Lipinski definition) is 4. The number of piperidine rings is 1. The molecule has 0 saturated carbocycles. The molecule has 23 heavy (non-hydrogen) atoms. The van der Waals surface area contributed by atoms with Gasteiger partial charge in [-0.05, 0) is 72.1 Å². The van der Waals surface area contributed by atoms with E-state index in [1.165, 1.54) is 9.13 Å². The number of amides is 1. The summed E-state index contributed by atoms with van der Waals surface area (Å²) in [6.07, 6.45) is 2.05. The topological polar surface area (TPSA) is 49.6 Å². The average molecular weight is 445 g/mol. The van der Waals surface area contributed by atoms with Gasteiger partial charge in [0.25, 0.3) is 0 Å². The van der Waals surface area contributed by atoms with Crippen molar-refractivity contribution >= 4 is 40.3 Å². The third kappa shape index (κ3) is 4.61. The minimum absolute atomic E-state index is 0.158. The number of nitrogens with two attached hydrogens (primary N) is 1. The Balaban J connectivity index is 1.47. The van der Waals surface area contributed by atoms with E-state index < -0.39 is 0 Å². The summed E-state index contributed by atoms with van der Waals surface area (Å²) < 4.78 is 1.27. The van der Waals surface area contributed by atoms with Crippen LogP contribution >= 0.6 is 34.4 Å². The van der Waals surface area contributed by atoms with Crippen molar-refractivity contribution < 1.29 is 4.79 Å². The normalized spacial score (nSPS) is 21.6. The standard InChI is InChI=1S/C17H24IN3OS/c18-15-3-1-13(2-4-15)11-20-7-5-14(6-8-20)16(19)17(22)21-9-10-23-12-21/h1-4,14,16H,5-12,19H2. The van der Waals surface area contributed by atoms with E-state index >= 15 is 0 Å². The lowest BCUT2D eigenvalue weighted by Crippen LogP contribution is -2.49. The third-order valence-corrected chi connectivity index (χ3v) is 6.49. The predicted octanol–water partition coefficient (Wildman–Crippen LogP) is 2.36. The van der Waals surface area contributed by atoms with Crippen molar-refractivity contribution in [2.75, 3.05) is 31.3 Å². The number of nitrogens with zero attached hydrogens (tertiary/aromatic N) is 2. The quantitative estimate of drug-likeness (QED) is 0.724. The Morgan fingerprint density at radius 2 is 1.96 bits per heavy atom. The highest BCUT2D eigenvalue weighted by molar-refractivity contribution is 14.1. The van der Waals surface area contributed by atoms with Crippen molar-refractivity contribution in [1.29, 1.82) is 0 Å². The smallest absolute Gasteiger partial charge is 0.240 e. The van der Waals surface area contributed by atoms with Crippen molar-refractivity contribution in [1.82, 2.24) is 9.80 Å². The summed E-state index contributed by atoms with van der Waals surface area (Å²) in [5.74, 6) is 2.36. The largest absolute Gasteiger partial charge is 0.331 e. The van der Waals surface area contributed by atoms with Crippen LogP contribution in [0.3, 0.4) is 0 Å². The lowest BCUT2D eigenvalue weighted by Gasteiger charge is -2.35. The van der Waals surface area contributed by atoms with Gasteiger partial charge >= 0.3 is 0 Å². The zero-order valence-corrected chi connectivity index (χ0v) is 16.3. The first kappa shape index (κ1) is 17.5. The molecule has 2 aliphatic rings. The van der Waals surface area contributed by atoms with Crippen LogP contribution in [0.15, 0.2) is 24.3 Å². The first-order valence-corrected chi connectivity index (χ1v) is 10.5. The number of rotatable bonds is 4. The molecule has 3 rings (SSSR count). The molecule has 0 radical (unpaired) electrons. The summed E-state index contributed by atoms with van der Waals surface area (Å²) in [5, 5.41) is 0. The van der Waals surface area contributed by atoms with E-state index in [1.807, 2.05) is 16.7 Å². The van der Waals surface area contributed by atoms with Gasteiger partial charge in [0.2, 0.25) is 5.91 Å². The van der Waals surface area contributed by atoms with E-state index in [9.17, 15) is 4.79 Å². The Bertz CT molecular complexity index is 525. The van der Waals surface area contributed by atoms with Crippen molar-refractivity contribution in [3.05, 3.63) is 33.4 Å². The van der Waals surface area contributed by atoms with Crippen molar-refractivity contribution in [3.63, 3.8) is 0 Å². The van der Waals surface area contributed by atoms with Crippen LogP contribution in [0.5, 0.6) is 0 Å². The molecular formula is C17H24IN3OS. The molecule has 6 heteroatoms. The van der Waals surface area contributed by atoms with E-state index in [-0.39, 0.29) is 11.9 Å². The number of likely N-dealkylation sites (tertiary alicyclic amines) is 1. The summed E-state index contributed by atoms with van der Waals surface area (Å²) in [4.78, 5) is 16.8. The van der Waals surface area contributed by atoms with Gasteiger partial charge in [-0.3, -0.25) is 9.69 Å². The van der Waals surface area contributed by atoms with E-state index in [0.717, 1.165) is 50.7 Å². The van der Waals surface area contributed by atoms with Crippen molar-refractivity contribution in [3.8, 4) is 0 Å².